The molecule has 0 heterocycles. The number of carbonyl (C=O) groups excluding carboxylic acids is 1. The second-order valence-electron chi connectivity index (χ2n) is 8.87. The summed E-state index contributed by atoms with van der Waals surface area (Å²) in [5.74, 6) is -0.808. The van der Waals surface area contributed by atoms with Crippen molar-refractivity contribution in [3.05, 3.63) is 24.3 Å². The molecule has 0 saturated carbocycles. The van der Waals surface area contributed by atoms with Crippen molar-refractivity contribution in [2.45, 2.75) is 142 Å². The first-order chi connectivity index (χ1) is 15.6. The number of carboxylic acids is 1. The topological polar surface area (TPSA) is 63.6 Å². The van der Waals surface area contributed by atoms with E-state index in [1.807, 2.05) is 0 Å². The van der Waals surface area contributed by atoms with Crippen molar-refractivity contribution in [2.24, 2.45) is 0 Å². The number of allylic oxidation sites excluding steroid dienone is 3. The lowest BCUT2D eigenvalue weighted by Crippen LogP contribution is -2.16. The number of ether oxygens (including phenoxy) is 1. The Hall–Kier alpha value is -1.58. The van der Waals surface area contributed by atoms with E-state index in [1.165, 1.54) is 57.8 Å². The number of aliphatic carboxylic acids is 1. The lowest BCUT2D eigenvalue weighted by Gasteiger charge is -2.15. The molecule has 0 spiro atoms. The van der Waals surface area contributed by atoms with Crippen molar-refractivity contribution in [1.82, 2.24) is 0 Å². The van der Waals surface area contributed by atoms with Gasteiger partial charge in [-0.2, -0.15) is 0 Å². The maximum Gasteiger partial charge on any atom is 0.306 e. The Balaban J connectivity index is 4.06. The number of esters is 1. The molecule has 0 aliphatic rings. The van der Waals surface area contributed by atoms with Crippen LogP contribution in [0.5, 0.6) is 0 Å². The fourth-order valence-corrected chi connectivity index (χ4v) is 3.62. The van der Waals surface area contributed by atoms with Crippen LogP contribution in [0, 0.1) is 0 Å². The van der Waals surface area contributed by atoms with Gasteiger partial charge in [0, 0.05) is 12.8 Å². The molecule has 186 valence electrons. The van der Waals surface area contributed by atoms with Gasteiger partial charge >= 0.3 is 11.9 Å². The number of unbranched alkanes of at least 4 members (excludes halogenated alkanes) is 12. The monoisotopic (exact) mass is 450 g/mol. The van der Waals surface area contributed by atoms with Crippen molar-refractivity contribution >= 4 is 11.9 Å². The smallest absolute Gasteiger partial charge is 0.306 e. The van der Waals surface area contributed by atoms with Crippen molar-refractivity contribution in [3.63, 3.8) is 0 Å². The average molecular weight is 451 g/mol. The second-order valence-corrected chi connectivity index (χ2v) is 8.87. The molecule has 0 rings (SSSR count). The second kappa shape index (κ2) is 24.1. The molecule has 0 aromatic carbocycles. The van der Waals surface area contributed by atoms with Crippen LogP contribution in [-0.2, 0) is 14.3 Å². The summed E-state index contributed by atoms with van der Waals surface area (Å²) in [6.07, 6.45) is 27.7. The van der Waals surface area contributed by atoms with E-state index in [0.717, 1.165) is 51.4 Å². The zero-order chi connectivity index (χ0) is 23.7. The SMILES string of the molecule is CCC/C=C\CCCCCCCC(=O)OC(/C=C\CCCCC)CCCCCCC(=O)O. The summed E-state index contributed by atoms with van der Waals surface area (Å²) in [5, 5.41) is 8.72. The summed E-state index contributed by atoms with van der Waals surface area (Å²) in [6, 6.07) is 0. The predicted octanol–water partition coefficient (Wildman–Crippen LogP) is 8.55. The first-order valence-corrected chi connectivity index (χ1v) is 13.3. The van der Waals surface area contributed by atoms with Gasteiger partial charge in [0.2, 0.25) is 0 Å². The quantitative estimate of drug-likeness (QED) is 0.0962. The third kappa shape index (κ3) is 23.1. The van der Waals surface area contributed by atoms with E-state index < -0.39 is 5.97 Å². The molecule has 1 unspecified atom stereocenters. The van der Waals surface area contributed by atoms with E-state index in [9.17, 15) is 9.59 Å². The van der Waals surface area contributed by atoms with E-state index in [4.69, 9.17) is 9.84 Å². The van der Waals surface area contributed by atoms with Crippen LogP contribution in [0.15, 0.2) is 24.3 Å². The third-order valence-electron chi connectivity index (χ3n) is 5.61. The van der Waals surface area contributed by atoms with Gasteiger partial charge in [-0.3, -0.25) is 9.59 Å². The molecule has 0 aliphatic carbocycles. The number of hydrogen-bond donors (Lipinski definition) is 1. The number of rotatable bonds is 23. The summed E-state index contributed by atoms with van der Waals surface area (Å²) in [7, 11) is 0. The Morgan fingerprint density at radius 2 is 1.28 bits per heavy atom. The molecular formula is C28H50O4. The maximum absolute atomic E-state index is 12.3. The zero-order valence-electron chi connectivity index (χ0n) is 21.0. The summed E-state index contributed by atoms with van der Waals surface area (Å²) in [6.45, 7) is 4.40. The lowest BCUT2D eigenvalue weighted by atomic mass is 10.1. The van der Waals surface area contributed by atoms with E-state index in [0.29, 0.717) is 6.42 Å². The van der Waals surface area contributed by atoms with Gasteiger partial charge in [0.25, 0.3) is 0 Å². The van der Waals surface area contributed by atoms with E-state index in [2.05, 4.69) is 38.2 Å². The molecule has 0 saturated heterocycles. The van der Waals surface area contributed by atoms with E-state index >= 15 is 0 Å². The molecule has 0 amide bonds. The summed E-state index contributed by atoms with van der Waals surface area (Å²) >= 11 is 0. The summed E-state index contributed by atoms with van der Waals surface area (Å²) in [5.41, 5.74) is 0. The molecule has 4 heteroatoms. The summed E-state index contributed by atoms with van der Waals surface area (Å²) < 4.78 is 5.76. The van der Waals surface area contributed by atoms with Crippen molar-refractivity contribution in [2.75, 3.05) is 0 Å². The Morgan fingerprint density at radius 1 is 0.688 bits per heavy atom. The van der Waals surface area contributed by atoms with Crippen LogP contribution in [0.4, 0.5) is 0 Å². The molecule has 0 fully saturated rings. The van der Waals surface area contributed by atoms with Crippen LogP contribution in [0.25, 0.3) is 0 Å². The van der Waals surface area contributed by atoms with Crippen LogP contribution in [0.1, 0.15) is 136 Å². The number of carboxylic acid groups (broad SMARTS) is 1. The molecule has 0 radical (unpaired) electrons. The minimum absolute atomic E-state index is 0.0819. The molecule has 1 N–H and O–H groups in total. The Kier molecular flexibility index (Phi) is 22.9. The molecule has 0 aromatic rings. The maximum atomic E-state index is 12.3. The van der Waals surface area contributed by atoms with E-state index in [1.54, 1.807) is 0 Å². The molecule has 32 heavy (non-hydrogen) atoms. The number of carbonyl (C=O) groups is 2. The third-order valence-corrected chi connectivity index (χ3v) is 5.61. The van der Waals surface area contributed by atoms with Crippen LogP contribution < -0.4 is 0 Å². The number of hydrogen-bond acceptors (Lipinski definition) is 3. The molecule has 0 bridgehead atoms. The standard InChI is InChI=1S/C28H50O4/c1-3-5-7-9-10-11-12-13-15-21-25-28(31)32-26(22-18-14-8-6-4-2)23-19-16-17-20-24-27(29)30/h7,9,18,22,26H,3-6,8,10-17,19-21,23-25H2,1-2H3,(H,29,30)/b9-7-,22-18-. The normalized spacial score (nSPS) is 12.6. The highest BCUT2D eigenvalue weighted by atomic mass is 16.5. The lowest BCUT2D eigenvalue weighted by molar-refractivity contribution is -0.147. The largest absolute Gasteiger partial charge is 0.481 e. The Bertz CT molecular complexity index is 496. The van der Waals surface area contributed by atoms with Gasteiger partial charge < -0.3 is 9.84 Å². The van der Waals surface area contributed by atoms with Crippen LogP contribution in [-0.4, -0.2) is 23.1 Å². The van der Waals surface area contributed by atoms with Crippen molar-refractivity contribution < 1.29 is 19.4 Å². The van der Waals surface area contributed by atoms with Gasteiger partial charge in [0.05, 0.1) is 0 Å². The molecular weight excluding hydrogens is 400 g/mol. The van der Waals surface area contributed by atoms with Gasteiger partial charge in [-0.25, -0.2) is 0 Å². The first-order valence-electron chi connectivity index (χ1n) is 13.3. The van der Waals surface area contributed by atoms with Crippen LogP contribution >= 0.6 is 0 Å². The fraction of sp³-hybridized carbons (Fsp3) is 0.786. The predicted molar refractivity (Wildman–Crippen MR) is 135 cm³/mol. The zero-order valence-corrected chi connectivity index (χ0v) is 21.0. The minimum atomic E-state index is -0.726. The Labute approximate surface area is 197 Å². The Morgan fingerprint density at radius 3 is 2.00 bits per heavy atom. The average Bonchev–Trinajstić information content (AvgIpc) is 2.76. The summed E-state index contributed by atoms with van der Waals surface area (Å²) in [4.78, 5) is 22.9. The highest BCUT2D eigenvalue weighted by molar-refractivity contribution is 5.69. The van der Waals surface area contributed by atoms with Crippen molar-refractivity contribution in [3.8, 4) is 0 Å². The highest BCUT2D eigenvalue weighted by Gasteiger charge is 2.11. The van der Waals surface area contributed by atoms with Gasteiger partial charge in [-0.05, 0) is 63.9 Å². The van der Waals surface area contributed by atoms with Crippen LogP contribution in [0.2, 0.25) is 0 Å². The van der Waals surface area contributed by atoms with Gasteiger partial charge in [0.15, 0.2) is 0 Å². The van der Waals surface area contributed by atoms with Gasteiger partial charge in [0.1, 0.15) is 6.10 Å². The molecule has 0 aromatic heterocycles. The van der Waals surface area contributed by atoms with Crippen LogP contribution in [0.3, 0.4) is 0 Å². The van der Waals surface area contributed by atoms with Gasteiger partial charge in [-0.1, -0.05) is 83.4 Å². The molecule has 4 nitrogen and oxygen atoms in total. The van der Waals surface area contributed by atoms with E-state index in [-0.39, 0.29) is 18.5 Å². The minimum Gasteiger partial charge on any atom is -0.481 e. The fourth-order valence-electron chi connectivity index (χ4n) is 3.62. The van der Waals surface area contributed by atoms with Crippen molar-refractivity contribution in [1.29, 1.82) is 0 Å². The molecule has 0 aliphatic heterocycles. The first kappa shape index (κ1) is 30.4. The highest BCUT2D eigenvalue weighted by Crippen LogP contribution is 2.14. The van der Waals surface area contributed by atoms with Gasteiger partial charge in [-0.15, -0.1) is 0 Å². The molecule has 1 atom stereocenters.